The van der Waals surface area contributed by atoms with Gasteiger partial charge in [-0.15, -0.1) is 0 Å². The minimum absolute atomic E-state index is 0.0270. The summed E-state index contributed by atoms with van der Waals surface area (Å²) in [6, 6.07) is 7.54. The first-order valence-electron chi connectivity index (χ1n) is 8.97. The Hall–Kier alpha value is -0.870. The molecule has 4 heteroatoms. The Kier molecular flexibility index (Phi) is 5.23. The molecule has 0 aliphatic carbocycles. The lowest BCUT2D eigenvalue weighted by molar-refractivity contribution is 0.167. The number of hydrogen-bond acceptors (Lipinski definition) is 2. The normalized spacial score (nSPS) is 21.9. The standard InChI is InChI=1S/C20H33NO2S/c1-15(19(2,3)4)18-9-8-14-21(18)24(22,23)17-12-10-16(11-13-17)20(5,6)7/h10-13,15,18H,8-9,14H2,1-7H3. The zero-order chi connectivity index (χ0) is 18.3. The fourth-order valence-electron chi connectivity index (χ4n) is 3.40. The van der Waals surface area contributed by atoms with Crippen LogP contribution < -0.4 is 0 Å². The molecule has 3 nitrogen and oxygen atoms in total. The van der Waals surface area contributed by atoms with E-state index in [0.29, 0.717) is 17.4 Å². The molecular formula is C20H33NO2S. The number of hydrogen-bond donors (Lipinski definition) is 0. The SMILES string of the molecule is CC(C1CCCN1S(=O)(=O)c1ccc(C(C)(C)C)cc1)C(C)(C)C. The molecule has 0 radical (unpaired) electrons. The highest BCUT2D eigenvalue weighted by atomic mass is 32.2. The molecule has 2 rings (SSSR count). The average molecular weight is 352 g/mol. The van der Waals surface area contributed by atoms with Gasteiger partial charge in [-0.25, -0.2) is 8.42 Å². The van der Waals surface area contributed by atoms with Crippen molar-refractivity contribution in [3.63, 3.8) is 0 Å². The van der Waals surface area contributed by atoms with Crippen LogP contribution in [0.1, 0.15) is 66.9 Å². The average Bonchev–Trinajstić information content (AvgIpc) is 2.94. The van der Waals surface area contributed by atoms with Gasteiger partial charge in [-0.3, -0.25) is 0 Å². The van der Waals surface area contributed by atoms with Crippen LogP contribution in [0.4, 0.5) is 0 Å². The predicted molar refractivity (Wildman–Crippen MR) is 101 cm³/mol. The molecule has 136 valence electrons. The third-order valence-corrected chi connectivity index (χ3v) is 7.46. The molecule has 1 aliphatic rings. The second-order valence-electron chi connectivity index (χ2n) is 9.25. The molecule has 24 heavy (non-hydrogen) atoms. The van der Waals surface area contributed by atoms with Gasteiger partial charge in [-0.1, -0.05) is 60.6 Å². The van der Waals surface area contributed by atoms with Crippen LogP contribution in [-0.2, 0) is 15.4 Å². The Morgan fingerprint density at radius 3 is 2.04 bits per heavy atom. The van der Waals surface area contributed by atoms with E-state index in [0.717, 1.165) is 18.4 Å². The number of sulfonamides is 1. The Morgan fingerprint density at radius 2 is 1.58 bits per heavy atom. The minimum atomic E-state index is -3.42. The Balaban J connectivity index is 2.32. The summed E-state index contributed by atoms with van der Waals surface area (Å²) >= 11 is 0. The molecule has 1 heterocycles. The molecule has 1 aromatic carbocycles. The van der Waals surface area contributed by atoms with Crippen molar-refractivity contribution < 1.29 is 8.42 Å². The molecule has 0 aromatic heterocycles. The van der Waals surface area contributed by atoms with Crippen LogP contribution in [-0.4, -0.2) is 25.3 Å². The summed E-state index contributed by atoms with van der Waals surface area (Å²) < 4.78 is 28.1. The van der Waals surface area contributed by atoms with E-state index >= 15 is 0 Å². The molecule has 0 amide bonds. The van der Waals surface area contributed by atoms with Crippen molar-refractivity contribution in [3.05, 3.63) is 29.8 Å². The smallest absolute Gasteiger partial charge is 0.207 e. The van der Waals surface area contributed by atoms with E-state index in [1.54, 1.807) is 16.4 Å². The number of benzene rings is 1. The lowest BCUT2D eigenvalue weighted by atomic mass is 9.77. The van der Waals surface area contributed by atoms with Crippen molar-refractivity contribution in [2.24, 2.45) is 11.3 Å². The van der Waals surface area contributed by atoms with Crippen molar-refractivity contribution in [1.82, 2.24) is 4.31 Å². The number of nitrogens with zero attached hydrogens (tertiary/aromatic N) is 1. The summed E-state index contributed by atoms with van der Waals surface area (Å²) in [4.78, 5) is 0.420. The molecule has 0 saturated carbocycles. The number of rotatable bonds is 3. The van der Waals surface area contributed by atoms with Crippen molar-refractivity contribution in [3.8, 4) is 0 Å². The van der Waals surface area contributed by atoms with E-state index in [1.165, 1.54) is 0 Å². The zero-order valence-corrected chi connectivity index (χ0v) is 17.1. The van der Waals surface area contributed by atoms with E-state index in [4.69, 9.17) is 0 Å². The van der Waals surface area contributed by atoms with Gasteiger partial charge in [-0.05, 0) is 47.3 Å². The van der Waals surface area contributed by atoms with E-state index in [-0.39, 0.29) is 16.9 Å². The van der Waals surface area contributed by atoms with Crippen LogP contribution in [0.15, 0.2) is 29.2 Å². The highest BCUT2D eigenvalue weighted by molar-refractivity contribution is 7.89. The summed E-state index contributed by atoms with van der Waals surface area (Å²) in [6.07, 6.45) is 1.90. The Morgan fingerprint density at radius 1 is 1.04 bits per heavy atom. The monoisotopic (exact) mass is 351 g/mol. The fraction of sp³-hybridized carbons (Fsp3) is 0.700. The quantitative estimate of drug-likeness (QED) is 0.783. The van der Waals surface area contributed by atoms with Gasteiger partial charge in [0.15, 0.2) is 0 Å². The zero-order valence-electron chi connectivity index (χ0n) is 16.3. The van der Waals surface area contributed by atoms with Gasteiger partial charge in [0, 0.05) is 12.6 Å². The molecule has 0 bridgehead atoms. The van der Waals surface area contributed by atoms with Gasteiger partial charge in [0.25, 0.3) is 0 Å². The van der Waals surface area contributed by atoms with Crippen LogP contribution in [0.2, 0.25) is 0 Å². The lowest BCUT2D eigenvalue weighted by Crippen LogP contribution is -2.43. The molecule has 0 spiro atoms. The maximum atomic E-state index is 13.2. The first kappa shape index (κ1) is 19.5. The lowest BCUT2D eigenvalue weighted by Gasteiger charge is -2.36. The molecular weight excluding hydrogens is 318 g/mol. The summed E-state index contributed by atoms with van der Waals surface area (Å²) in [5.74, 6) is 0.323. The summed E-state index contributed by atoms with van der Waals surface area (Å²) in [7, 11) is -3.42. The first-order valence-corrected chi connectivity index (χ1v) is 10.4. The van der Waals surface area contributed by atoms with Gasteiger partial charge >= 0.3 is 0 Å². The molecule has 1 aromatic rings. The highest BCUT2D eigenvalue weighted by Crippen LogP contribution is 2.38. The Bertz CT molecular complexity index is 663. The van der Waals surface area contributed by atoms with Crippen molar-refractivity contribution in [2.75, 3.05) is 6.54 Å². The third-order valence-electron chi connectivity index (χ3n) is 5.52. The van der Waals surface area contributed by atoms with E-state index in [1.807, 2.05) is 12.1 Å². The van der Waals surface area contributed by atoms with Gasteiger partial charge in [0.2, 0.25) is 10.0 Å². The van der Waals surface area contributed by atoms with Crippen molar-refractivity contribution >= 4 is 10.0 Å². The fourth-order valence-corrected chi connectivity index (χ4v) is 5.17. The van der Waals surface area contributed by atoms with E-state index in [2.05, 4.69) is 48.5 Å². The van der Waals surface area contributed by atoms with Crippen LogP contribution in [0.5, 0.6) is 0 Å². The van der Waals surface area contributed by atoms with Crippen molar-refractivity contribution in [1.29, 1.82) is 0 Å². The molecule has 1 aliphatic heterocycles. The van der Waals surface area contributed by atoms with Crippen LogP contribution in [0.3, 0.4) is 0 Å². The van der Waals surface area contributed by atoms with Gasteiger partial charge in [-0.2, -0.15) is 4.31 Å². The van der Waals surface area contributed by atoms with Crippen LogP contribution in [0.25, 0.3) is 0 Å². The second-order valence-corrected chi connectivity index (χ2v) is 11.1. The topological polar surface area (TPSA) is 37.4 Å². The van der Waals surface area contributed by atoms with Gasteiger partial charge in [0.05, 0.1) is 4.90 Å². The minimum Gasteiger partial charge on any atom is -0.207 e. The van der Waals surface area contributed by atoms with E-state index < -0.39 is 10.0 Å². The summed E-state index contributed by atoms with van der Waals surface area (Å²) in [6.45, 7) is 15.8. The molecule has 1 saturated heterocycles. The summed E-state index contributed by atoms with van der Waals surface area (Å²) in [5, 5.41) is 0. The van der Waals surface area contributed by atoms with Gasteiger partial charge in [0.1, 0.15) is 0 Å². The predicted octanol–water partition coefficient (Wildman–Crippen LogP) is 4.82. The molecule has 2 unspecified atom stereocenters. The molecule has 2 atom stereocenters. The largest absolute Gasteiger partial charge is 0.243 e. The van der Waals surface area contributed by atoms with Crippen LogP contribution >= 0.6 is 0 Å². The highest BCUT2D eigenvalue weighted by Gasteiger charge is 2.41. The molecule has 1 fully saturated rings. The second kappa shape index (κ2) is 6.45. The van der Waals surface area contributed by atoms with Crippen LogP contribution in [0, 0.1) is 11.3 Å². The van der Waals surface area contributed by atoms with Crippen molar-refractivity contribution in [2.45, 2.75) is 77.7 Å². The van der Waals surface area contributed by atoms with Gasteiger partial charge < -0.3 is 0 Å². The van der Waals surface area contributed by atoms with E-state index in [9.17, 15) is 8.42 Å². The molecule has 0 N–H and O–H groups in total. The maximum Gasteiger partial charge on any atom is 0.243 e. The Labute approximate surface area is 148 Å². The maximum absolute atomic E-state index is 13.2. The first-order chi connectivity index (χ1) is 10.8. The third kappa shape index (κ3) is 3.85. The summed E-state index contributed by atoms with van der Waals surface area (Å²) in [5.41, 5.74) is 1.28.